The number of fused-ring (bicyclic) bond motifs is 1. The molecular formula is C16H16N4O. The Morgan fingerprint density at radius 1 is 1.14 bits per heavy atom. The van der Waals surface area contributed by atoms with Crippen LogP contribution in [0.1, 0.15) is 5.56 Å². The van der Waals surface area contributed by atoms with E-state index < -0.39 is 0 Å². The van der Waals surface area contributed by atoms with E-state index >= 15 is 0 Å². The van der Waals surface area contributed by atoms with E-state index in [1.54, 1.807) is 18.2 Å². The van der Waals surface area contributed by atoms with Crippen LogP contribution in [0.5, 0.6) is 0 Å². The molecule has 1 heterocycles. The second-order valence-corrected chi connectivity index (χ2v) is 5.14. The molecule has 1 aromatic heterocycles. The molecule has 5 heteroatoms. The molecule has 0 aromatic carbocycles. The van der Waals surface area contributed by atoms with Gasteiger partial charge in [-0.3, -0.25) is 0 Å². The van der Waals surface area contributed by atoms with Gasteiger partial charge in [-0.05, 0) is 36.8 Å². The number of aryl methyl sites for hydroxylation is 1. The molecule has 2 unspecified atom stereocenters. The zero-order chi connectivity index (χ0) is 14.8. The second-order valence-electron chi connectivity index (χ2n) is 5.14. The highest BCUT2D eigenvalue weighted by molar-refractivity contribution is 6.12. The summed E-state index contributed by atoms with van der Waals surface area (Å²) in [7, 11) is 0. The van der Waals surface area contributed by atoms with Gasteiger partial charge in [0.05, 0.1) is 5.71 Å². The van der Waals surface area contributed by atoms with Gasteiger partial charge in [-0.1, -0.05) is 24.3 Å². The average molecular weight is 280 g/mol. The Hall–Kier alpha value is -2.69. The normalized spacial score (nSPS) is 26.4. The van der Waals surface area contributed by atoms with Crippen LogP contribution in [0.2, 0.25) is 0 Å². The zero-order valence-corrected chi connectivity index (χ0v) is 11.6. The molecule has 0 saturated heterocycles. The SMILES string of the molecule is Cc1ccn(O)c(=NN=C2C=CC(=N)C3C=CC=CC23)c1. The minimum Gasteiger partial charge on any atom is -0.427 e. The van der Waals surface area contributed by atoms with Gasteiger partial charge in [-0.15, -0.1) is 5.10 Å². The largest absolute Gasteiger partial charge is 0.427 e. The number of hydrogen-bond acceptors (Lipinski definition) is 4. The van der Waals surface area contributed by atoms with Crippen molar-refractivity contribution in [3.8, 4) is 0 Å². The summed E-state index contributed by atoms with van der Waals surface area (Å²) in [6.45, 7) is 1.93. The summed E-state index contributed by atoms with van der Waals surface area (Å²) in [4.78, 5) is 0. The highest BCUT2D eigenvalue weighted by Gasteiger charge is 2.28. The van der Waals surface area contributed by atoms with Crippen molar-refractivity contribution >= 4 is 11.4 Å². The van der Waals surface area contributed by atoms with Crippen LogP contribution in [-0.4, -0.2) is 21.4 Å². The van der Waals surface area contributed by atoms with Crippen molar-refractivity contribution in [2.24, 2.45) is 22.0 Å². The Balaban J connectivity index is 2.01. The summed E-state index contributed by atoms with van der Waals surface area (Å²) >= 11 is 0. The van der Waals surface area contributed by atoms with E-state index in [0.717, 1.165) is 16.0 Å². The summed E-state index contributed by atoms with van der Waals surface area (Å²) in [5.41, 5.74) is 2.74. The van der Waals surface area contributed by atoms with Crippen LogP contribution in [0, 0.1) is 24.2 Å². The lowest BCUT2D eigenvalue weighted by molar-refractivity contribution is 0.171. The van der Waals surface area contributed by atoms with E-state index in [2.05, 4.69) is 10.2 Å². The fraction of sp³-hybridized carbons (Fsp3) is 0.188. The maximum absolute atomic E-state index is 9.72. The summed E-state index contributed by atoms with van der Waals surface area (Å²) < 4.78 is 0.944. The molecule has 2 N–H and O–H groups in total. The Morgan fingerprint density at radius 2 is 1.90 bits per heavy atom. The molecule has 0 bridgehead atoms. The fourth-order valence-corrected chi connectivity index (χ4v) is 2.45. The van der Waals surface area contributed by atoms with Crippen LogP contribution in [0.25, 0.3) is 0 Å². The highest BCUT2D eigenvalue weighted by Crippen LogP contribution is 2.26. The summed E-state index contributed by atoms with van der Waals surface area (Å²) in [5, 5.41) is 26.1. The molecule has 0 fully saturated rings. The first-order chi connectivity index (χ1) is 10.1. The number of hydrogen-bond donors (Lipinski definition) is 2. The van der Waals surface area contributed by atoms with Gasteiger partial charge in [0, 0.05) is 23.7 Å². The molecule has 21 heavy (non-hydrogen) atoms. The maximum Gasteiger partial charge on any atom is 0.190 e. The molecule has 0 amide bonds. The molecule has 0 radical (unpaired) electrons. The van der Waals surface area contributed by atoms with Gasteiger partial charge in [0.2, 0.25) is 0 Å². The number of pyridine rings is 1. The van der Waals surface area contributed by atoms with Gasteiger partial charge in [-0.2, -0.15) is 9.83 Å². The van der Waals surface area contributed by atoms with Gasteiger partial charge in [0.1, 0.15) is 0 Å². The predicted molar refractivity (Wildman–Crippen MR) is 81.5 cm³/mol. The lowest BCUT2D eigenvalue weighted by Gasteiger charge is -2.26. The third-order valence-electron chi connectivity index (χ3n) is 3.61. The van der Waals surface area contributed by atoms with Crippen LogP contribution < -0.4 is 5.49 Å². The highest BCUT2D eigenvalue weighted by atomic mass is 16.5. The van der Waals surface area contributed by atoms with Gasteiger partial charge in [0.15, 0.2) is 5.49 Å². The first-order valence-corrected chi connectivity index (χ1v) is 6.77. The summed E-state index contributed by atoms with van der Waals surface area (Å²) in [5.74, 6) is 0.0564. The second kappa shape index (κ2) is 5.36. The van der Waals surface area contributed by atoms with E-state index in [4.69, 9.17) is 5.41 Å². The molecule has 0 saturated carbocycles. The van der Waals surface area contributed by atoms with Crippen molar-refractivity contribution in [1.29, 1.82) is 5.41 Å². The van der Waals surface area contributed by atoms with Crippen LogP contribution in [0.15, 0.2) is 65.0 Å². The smallest absolute Gasteiger partial charge is 0.190 e. The Morgan fingerprint density at radius 3 is 2.71 bits per heavy atom. The molecule has 106 valence electrons. The topological polar surface area (TPSA) is 73.7 Å². The van der Waals surface area contributed by atoms with Crippen molar-refractivity contribution in [2.75, 3.05) is 0 Å². The number of nitrogens with one attached hydrogen (secondary N) is 1. The minimum atomic E-state index is 0.0210. The molecule has 5 nitrogen and oxygen atoms in total. The molecule has 1 aromatic rings. The van der Waals surface area contributed by atoms with Crippen molar-refractivity contribution in [3.05, 3.63) is 65.8 Å². The Bertz CT molecular complexity index is 765. The first kappa shape index (κ1) is 13.3. The van der Waals surface area contributed by atoms with Crippen LogP contribution in [-0.2, 0) is 0 Å². The van der Waals surface area contributed by atoms with E-state index in [1.807, 2.05) is 37.3 Å². The van der Waals surface area contributed by atoms with Crippen molar-refractivity contribution in [3.63, 3.8) is 0 Å². The third-order valence-corrected chi connectivity index (χ3v) is 3.61. The lowest BCUT2D eigenvalue weighted by Crippen LogP contribution is -2.30. The molecule has 2 aliphatic carbocycles. The number of allylic oxidation sites excluding steroid dienone is 6. The van der Waals surface area contributed by atoms with Crippen molar-refractivity contribution < 1.29 is 5.21 Å². The average Bonchev–Trinajstić information content (AvgIpc) is 2.50. The molecule has 2 aliphatic rings. The van der Waals surface area contributed by atoms with E-state index in [1.165, 1.54) is 6.20 Å². The molecule has 0 aliphatic heterocycles. The quantitative estimate of drug-likeness (QED) is 0.601. The summed E-state index contributed by atoms with van der Waals surface area (Å²) in [6.07, 6.45) is 13.0. The van der Waals surface area contributed by atoms with Crippen molar-refractivity contribution in [1.82, 2.24) is 4.73 Å². The molecule has 3 rings (SSSR count). The predicted octanol–water partition coefficient (Wildman–Crippen LogP) is 2.24. The number of nitrogens with zero attached hydrogens (tertiary/aromatic N) is 3. The first-order valence-electron chi connectivity index (χ1n) is 6.77. The van der Waals surface area contributed by atoms with E-state index in [9.17, 15) is 5.21 Å². The van der Waals surface area contributed by atoms with Gasteiger partial charge < -0.3 is 10.6 Å². The maximum atomic E-state index is 9.72. The Labute approximate surface area is 122 Å². The molecule has 2 atom stereocenters. The standard InChI is InChI=1S/C16H16N4O/c1-11-8-9-20(21)16(10-11)19-18-15-7-6-14(17)12-4-2-3-5-13(12)15/h2-10,12-13,17,21H,1H3. The van der Waals surface area contributed by atoms with Crippen LogP contribution in [0.3, 0.4) is 0 Å². The number of aromatic nitrogens is 1. The number of rotatable bonds is 1. The van der Waals surface area contributed by atoms with Crippen LogP contribution in [0.4, 0.5) is 0 Å². The van der Waals surface area contributed by atoms with E-state index in [-0.39, 0.29) is 11.8 Å². The van der Waals surface area contributed by atoms with Crippen molar-refractivity contribution in [2.45, 2.75) is 6.92 Å². The molecule has 0 spiro atoms. The molecular weight excluding hydrogens is 264 g/mol. The zero-order valence-electron chi connectivity index (χ0n) is 11.6. The Kier molecular flexibility index (Phi) is 3.39. The fourth-order valence-electron chi connectivity index (χ4n) is 2.45. The van der Waals surface area contributed by atoms with Gasteiger partial charge in [0.25, 0.3) is 0 Å². The minimum absolute atomic E-state index is 0.0210. The monoisotopic (exact) mass is 280 g/mol. The lowest BCUT2D eigenvalue weighted by atomic mass is 9.78. The summed E-state index contributed by atoms with van der Waals surface area (Å²) in [6, 6.07) is 3.55. The van der Waals surface area contributed by atoms with Gasteiger partial charge >= 0.3 is 0 Å². The third kappa shape index (κ3) is 2.63. The van der Waals surface area contributed by atoms with E-state index in [0.29, 0.717) is 11.2 Å². The van der Waals surface area contributed by atoms with Gasteiger partial charge in [-0.25, -0.2) is 0 Å². The van der Waals surface area contributed by atoms with Crippen LogP contribution >= 0.6 is 0 Å².